The maximum absolute atomic E-state index is 12.7. The van der Waals surface area contributed by atoms with Crippen molar-refractivity contribution in [2.24, 2.45) is 0 Å². The number of nitrogens with one attached hydrogen (secondary N) is 1. The molecule has 0 atom stereocenters. The summed E-state index contributed by atoms with van der Waals surface area (Å²) in [7, 11) is -3.60. The molecule has 0 radical (unpaired) electrons. The molecule has 0 saturated heterocycles. The maximum Gasteiger partial charge on any atom is 0.251 e. The second-order valence-corrected chi connectivity index (χ2v) is 8.68. The van der Waals surface area contributed by atoms with Crippen LogP contribution in [0.3, 0.4) is 0 Å². The van der Waals surface area contributed by atoms with Gasteiger partial charge < -0.3 is 5.32 Å². The van der Waals surface area contributed by atoms with Crippen LogP contribution in [0.1, 0.15) is 29.8 Å². The van der Waals surface area contributed by atoms with Crippen molar-refractivity contribution < 1.29 is 13.2 Å². The van der Waals surface area contributed by atoms with Gasteiger partial charge in [-0.3, -0.25) is 4.79 Å². The number of sulfonamides is 1. The molecule has 0 aliphatic carbocycles. The van der Waals surface area contributed by atoms with Gasteiger partial charge in [0.1, 0.15) is 0 Å². The monoisotopic (exact) mass is 426 g/mol. The summed E-state index contributed by atoms with van der Waals surface area (Å²) in [6.07, 6.45) is 4.28. The third kappa shape index (κ3) is 4.95. The Labute approximate surface area is 177 Å². The van der Waals surface area contributed by atoms with E-state index in [0.29, 0.717) is 31.6 Å². The van der Waals surface area contributed by atoms with E-state index in [-0.39, 0.29) is 10.8 Å². The summed E-state index contributed by atoms with van der Waals surface area (Å²) >= 11 is 0. The SMILES string of the molecule is CCN(CC)S(=O)(=O)c1cccc(C(=O)NCCc2ccc(-n3cccn3)cc2)c1. The van der Waals surface area contributed by atoms with Gasteiger partial charge in [-0.15, -0.1) is 0 Å². The Kier molecular flexibility index (Phi) is 7.02. The van der Waals surface area contributed by atoms with Gasteiger partial charge in [0.2, 0.25) is 10.0 Å². The van der Waals surface area contributed by atoms with E-state index >= 15 is 0 Å². The second-order valence-electron chi connectivity index (χ2n) is 6.74. The van der Waals surface area contributed by atoms with Crippen LogP contribution in [0.5, 0.6) is 0 Å². The first-order valence-corrected chi connectivity index (χ1v) is 11.4. The largest absolute Gasteiger partial charge is 0.352 e. The Balaban J connectivity index is 1.60. The van der Waals surface area contributed by atoms with Crippen molar-refractivity contribution >= 4 is 15.9 Å². The van der Waals surface area contributed by atoms with Gasteiger partial charge in [-0.05, 0) is 48.4 Å². The molecule has 1 N–H and O–H groups in total. The van der Waals surface area contributed by atoms with E-state index in [4.69, 9.17) is 0 Å². The van der Waals surface area contributed by atoms with Gasteiger partial charge in [0, 0.05) is 37.6 Å². The van der Waals surface area contributed by atoms with Gasteiger partial charge in [0.15, 0.2) is 0 Å². The molecule has 0 spiro atoms. The van der Waals surface area contributed by atoms with E-state index < -0.39 is 10.0 Å². The van der Waals surface area contributed by atoms with Gasteiger partial charge in [-0.25, -0.2) is 13.1 Å². The molecule has 0 saturated carbocycles. The zero-order valence-corrected chi connectivity index (χ0v) is 18.0. The highest BCUT2D eigenvalue weighted by Gasteiger charge is 2.22. The molecule has 0 fully saturated rings. The quantitative estimate of drug-likeness (QED) is 0.570. The zero-order valence-electron chi connectivity index (χ0n) is 17.2. The molecule has 3 rings (SSSR count). The summed E-state index contributed by atoms with van der Waals surface area (Å²) in [5.41, 5.74) is 2.39. The highest BCUT2D eigenvalue weighted by atomic mass is 32.2. The van der Waals surface area contributed by atoms with Crippen molar-refractivity contribution in [3.63, 3.8) is 0 Å². The van der Waals surface area contributed by atoms with Crippen molar-refractivity contribution in [1.29, 1.82) is 0 Å². The number of carbonyl (C=O) groups excluding carboxylic acids is 1. The normalized spacial score (nSPS) is 11.6. The third-order valence-corrected chi connectivity index (χ3v) is 6.89. The fourth-order valence-electron chi connectivity index (χ4n) is 3.17. The number of nitrogens with zero attached hydrogens (tertiary/aromatic N) is 3. The fourth-order valence-corrected chi connectivity index (χ4v) is 4.67. The summed E-state index contributed by atoms with van der Waals surface area (Å²) in [5, 5.41) is 7.06. The number of rotatable bonds is 9. The second kappa shape index (κ2) is 9.69. The molecule has 158 valence electrons. The van der Waals surface area contributed by atoms with Crippen LogP contribution in [0.4, 0.5) is 0 Å². The molecule has 8 heteroatoms. The predicted molar refractivity (Wildman–Crippen MR) is 116 cm³/mol. The molecule has 1 heterocycles. The highest BCUT2D eigenvalue weighted by Crippen LogP contribution is 2.17. The van der Waals surface area contributed by atoms with Crippen molar-refractivity contribution in [2.45, 2.75) is 25.2 Å². The Morgan fingerprint density at radius 1 is 1.07 bits per heavy atom. The van der Waals surface area contributed by atoms with Gasteiger partial charge in [0.25, 0.3) is 5.91 Å². The summed E-state index contributed by atoms with van der Waals surface area (Å²) in [5.74, 6) is -0.292. The summed E-state index contributed by atoms with van der Waals surface area (Å²) in [6, 6.07) is 16.0. The van der Waals surface area contributed by atoms with E-state index in [1.165, 1.54) is 16.4 Å². The maximum atomic E-state index is 12.7. The lowest BCUT2D eigenvalue weighted by Crippen LogP contribution is -2.31. The number of benzene rings is 2. The van der Waals surface area contributed by atoms with Crippen molar-refractivity contribution in [3.05, 3.63) is 78.1 Å². The average Bonchev–Trinajstić information content (AvgIpc) is 3.30. The van der Waals surface area contributed by atoms with Crippen LogP contribution in [0.25, 0.3) is 5.69 Å². The van der Waals surface area contributed by atoms with Crippen LogP contribution in [-0.4, -0.2) is 48.0 Å². The molecule has 3 aromatic rings. The molecule has 0 aliphatic rings. The van der Waals surface area contributed by atoms with Crippen LogP contribution >= 0.6 is 0 Å². The molecule has 0 unspecified atom stereocenters. The molecule has 1 aromatic heterocycles. The van der Waals surface area contributed by atoms with Gasteiger partial charge in [-0.1, -0.05) is 32.0 Å². The Morgan fingerprint density at radius 3 is 2.43 bits per heavy atom. The number of aromatic nitrogens is 2. The van der Waals surface area contributed by atoms with Crippen LogP contribution in [0, 0.1) is 0 Å². The molecule has 7 nitrogen and oxygen atoms in total. The number of hydrogen-bond donors (Lipinski definition) is 1. The van der Waals surface area contributed by atoms with E-state index in [0.717, 1.165) is 11.3 Å². The van der Waals surface area contributed by atoms with Crippen molar-refractivity contribution in [1.82, 2.24) is 19.4 Å². The van der Waals surface area contributed by atoms with Gasteiger partial charge in [0.05, 0.1) is 10.6 Å². The van der Waals surface area contributed by atoms with Crippen molar-refractivity contribution in [2.75, 3.05) is 19.6 Å². The first kappa shape index (κ1) is 21.7. The Morgan fingerprint density at radius 2 is 1.80 bits per heavy atom. The molecule has 0 aliphatic heterocycles. The first-order chi connectivity index (χ1) is 14.5. The topological polar surface area (TPSA) is 84.3 Å². The van der Waals surface area contributed by atoms with E-state index in [1.807, 2.05) is 36.5 Å². The lowest BCUT2D eigenvalue weighted by molar-refractivity contribution is 0.0954. The summed E-state index contributed by atoms with van der Waals surface area (Å²) in [4.78, 5) is 12.6. The van der Waals surface area contributed by atoms with Crippen LogP contribution < -0.4 is 5.32 Å². The zero-order chi connectivity index (χ0) is 21.6. The minimum atomic E-state index is -3.60. The smallest absolute Gasteiger partial charge is 0.251 e. The number of carbonyl (C=O) groups is 1. The van der Waals surface area contributed by atoms with Gasteiger partial charge in [-0.2, -0.15) is 9.40 Å². The van der Waals surface area contributed by atoms with Gasteiger partial charge >= 0.3 is 0 Å². The molecule has 0 bridgehead atoms. The summed E-state index contributed by atoms with van der Waals surface area (Å²) in [6.45, 7) is 4.80. The molecule has 2 aromatic carbocycles. The van der Waals surface area contributed by atoms with Crippen molar-refractivity contribution in [3.8, 4) is 5.69 Å². The van der Waals surface area contributed by atoms with E-state index in [2.05, 4.69) is 10.4 Å². The molecule has 30 heavy (non-hydrogen) atoms. The van der Waals surface area contributed by atoms with Crippen LogP contribution in [0.15, 0.2) is 71.9 Å². The number of amides is 1. The fraction of sp³-hybridized carbons (Fsp3) is 0.273. The van der Waals surface area contributed by atoms with Crippen LogP contribution in [-0.2, 0) is 16.4 Å². The minimum Gasteiger partial charge on any atom is -0.352 e. The Hall–Kier alpha value is -2.97. The molecule has 1 amide bonds. The standard InChI is InChI=1S/C22H26N4O3S/c1-3-25(4-2)30(28,29)21-8-5-7-19(17-21)22(27)23-15-13-18-9-11-20(12-10-18)26-16-6-14-24-26/h5-12,14,16-17H,3-4,13,15H2,1-2H3,(H,23,27). The number of hydrogen-bond acceptors (Lipinski definition) is 4. The lowest BCUT2D eigenvalue weighted by Gasteiger charge is -2.18. The van der Waals surface area contributed by atoms with E-state index in [9.17, 15) is 13.2 Å². The lowest BCUT2D eigenvalue weighted by atomic mass is 10.1. The molecular weight excluding hydrogens is 400 g/mol. The first-order valence-electron chi connectivity index (χ1n) is 9.93. The molecular formula is C22H26N4O3S. The minimum absolute atomic E-state index is 0.132. The Bertz CT molecular complexity index is 1070. The predicted octanol–water partition coefficient (Wildman–Crippen LogP) is 2.88. The van der Waals surface area contributed by atoms with Crippen LogP contribution in [0.2, 0.25) is 0 Å². The van der Waals surface area contributed by atoms with E-state index in [1.54, 1.807) is 36.9 Å². The highest BCUT2D eigenvalue weighted by molar-refractivity contribution is 7.89. The summed E-state index contributed by atoms with van der Waals surface area (Å²) < 4.78 is 28.5. The average molecular weight is 427 g/mol. The third-order valence-electron chi connectivity index (χ3n) is 4.84.